The number of tetrazole rings is 1. The van der Waals surface area contributed by atoms with Crippen molar-refractivity contribution in [2.45, 2.75) is 19.4 Å². The first-order valence-electron chi connectivity index (χ1n) is 6.62. The molecule has 0 amide bonds. The molecule has 1 aliphatic heterocycles. The number of nitrogens with zero attached hydrogens (tertiary/aromatic N) is 5. The van der Waals surface area contributed by atoms with E-state index < -0.39 is 0 Å². The van der Waals surface area contributed by atoms with Gasteiger partial charge < -0.3 is 0 Å². The molecule has 20 heavy (non-hydrogen) atoms. The van der Waals surface area contributed by atoms with Crippen molar-refractivity contribution in [1.29, 1.82) is 0 Å². The fourth-order valence-electron chi connectivity index (χ4n) is 2.72. The minimum absolute atomic E-state index is 0.127. The minimum Gasteiger partial charge on any atom is -0.220 e. The highest BCUT2D eigenvalue weighted by Crippen LogP contribution is 2.31. The largest absolute Gasteiger partial charge is 0.269 e. The second kappa shape index (κ2) is 4.23. The number of hydrogen-bond acceptors (Lipinski definition) is 4. The van der Waals surface area contributed by atoms with Crippen LogP contribution < -0.4 is 0 Å². The minimum atomic E-state index is 0.127. The van der Waals surface area contributed by atoms with E-state index in [9.17, 15) is 0 Å². The van der Waals surface area contributed by atoms with Crippen LogP contribution in [0.3, 0.4) is 0 Å². The third-order valence-electron chi connectivity index (χ3n) is 3.71. The van der Waals surface area contributed by atoms with Gasteiger partial charge in [0.25, 0.3) is 5.95 Å². The molecule has 1 unspecified atom stereocenters. The lowest BCUT2D eigenvalue weighted by atomic mass is 9.97. The average molecular weight is 263 g/mol. The van der Waals surface area contributed by atoms with E-state index in [1.54, 1.807) is 4.68 Å². The maximum Gasteiger partial charge on any atom is 0.269 e. The highest BCUT2D eigenvalue weighted by molar-refractivity contribution is 5.86. The first kappa shape index (κ1) is 11.3. The molecule has 1 aromatic heterocycles. The first-order chi connectivity index (χ1) is 9.81. The second-order valence-corrected chi connectivity index (χ2v) is 5.10. The molecule has 0 spiro atoms. The molecule has 4 rings (SSSR count). The second-order valence-electron chi connectivity index (χ2n) is 5.10. The lowest BCUT2D eigenvalue weighted by molar-refractivity contribution is 0.514. The Hall–Kier alpha value is -2.56. The fraction of sp³-hybridized carbons (Fsp3) is 0.200. The van der Waals surface area contributed by atoms with Crippen molar-refractivity contribution in [1.82, 2.24) is 20.2 Å². The first-order valence-corrected chi connectivity index (χ1v) is 6.62. The fourth-order valence-corrected chi connectivity index (χ4v) is 2.72. The van der Waals surface area contributed by atoms with Crippen molar-refractivity contribution in [3.05, 3.63) is 48.0 Å². The number of aromatic nitrogens is 4. The number of fused-ring (bicyclic) bond motifs is 2. The SMILES string of the molecule is CC1=Nc2nnnn2C(c2ccc3ccccc3c2)C1. The normalized spacial score (nSPS) is 17.9. The van der Waals surface area contributed by atoms with Crippen LogP contribution in [0.1, 0.15) is 24.9 Å². The van der Waals surface area contributed by atoms with E-state index in [1.807, 2.05) is 6.92 Å². The van der Waals surface area contributed by atoms with Crippen LogP contribution in [-0.2, 0) is 0 Å². The van der Waals surface area contributed by atoms with Crippen molar-refractivity contribution in [2.75, 3.05) is 0 Å². The van der Waals surface area contributed by atoms with Gasteiger partial charge in [-0.3, -0.25) is 0 Å². The van der Waals surface area contributed by atoms with Gasteiger partial charge in [0.2, 0.25) is 0 Å². The van der Waals surface area contributed by atoms with Crippen LogP contribution in [0.2, 0.25) is 0 Å². The van der Waals surface area contributed by atoms with Crippen LogP contribution in [0.15, 0.2) is 47.5 Å². The number of benzene rings is 2. The standard InChI is InChI=1S/C15H13N5/c1-10-8-14(20-15(16-10)17-18-19-20)13-7-6-11-4-2-3-5-12(11)9-13/h2-7,9,14H,8H2,1H3. The predicted molar refractivity (Wildman–Crippen MR) is 77.3 cm³/mol. The maximum atomic E-state index is 4.39. The van der Waals surface area contributed by atoms with Crippen LogP contribution in [0.4, 0.5) is 5.95 Å². The van der Waals surface area contributed by atoms with E-state index in [4.69, 9.17) is 0 Å². The topological polar surface area (TPSA) is 56.0 Å². The molecule has 0 N–H and O–H groups in total. The quantitative estimate of drug-likeness (QED) is 0.678. The van der Waals surface area contributed by atoms with E-state index in [-0.39, 0.29) is 6.04 Å². The molecule has 0 fully saturated rings. The summed E-state index contributed by atoms with van der Waals surface area (Å²) < 4.78 is 1.80. The summed E-state index contributed by atoms with van der Waals surface area (Å²) in [4.78, 5) is 4.39. The van der Waals surface area contributed by atoms with Crippen molar-refractivity contribution < 1.29 is 0 Å². The van der Waals surface area contributed by atoms with Gasteiger partial charge in [-0.2, -0.15) is 0 Å². The average Bonchev–Trinajstić information content (AvgIpc) is 2.94. The molecule has 2 aromatic carbocycles. The lowest BCUT2D eigenvalue weighted by Gasteiger charge is -2.21. The van der Waals surface area contributed by atoms with Crippen molar-refractivity contribution in [2.24, 2.45) is 4.99 Å². The molecule has 2 heterocycles. The monoisotopic (exact) mass is 263 g/mol. The number of rotatable bonds is 1. The Labute approximate surface area is 116 Å². The Balaban J connectivity index is 1.85. The summed E-state index contributed by atoms with van der Waals surface area (Å²) in [5.41, 5.74) is 2.27. The molecule has 5 nitrogen and oxygen atoms in total. The predicted octanol–water partition coefficient (Wildman–Crippen LogP) is 2.91. The summed E-state index contributed by atoms with van der Waals surface area (Å²) in [5, 5.41) is 14.3. The highest BCUT2D eigenvalue weighted by atomic mass is 15.6. The number of hydrogen-bond donors (Lipinski definition) is 0. The zero-order valence-corrected chi connectivity index (χ0v) is 11.1. The molecular weight excluding hydrogens is 250 g/mol. The Kier molecular flexibility index (Phi) is 2.39. The molecule has 3 aromatic rings. The van der Waals surface area contributed by atoms with E-state index in [0.29, 0.717) is 5.95 Å². The van der Waals surface area contributed by atoms with Crippen molar-refractivity contribution in [3.8, 4) is 0 Å². The van der Waals surface area contributed by atoms with Crippen LogP contribution >= 0.6 is 0 Å². The van der Waals surface area contributed by atoms with Gasteiger partial charge in [0.1, 0.15) is 0 Å². The number of aliphatic imine (C=N–C) groups is 1. The van der Waals surface area contributed by atoms with E-state index in [1.165, 1.54) is 16.3 Å². The van der Waals surface area contributed by atoms with Gasteiger partial charge in [-0.15, -0.1) is 0 Å². The van der Waals surface area contributed by atoms with Crippen LogP contribution in [-0.4, -0.2) is 25.9 Å². The van der Waals surface area contributed by atoms with Gasteiger partial charge in [0, 0.05) is 12.1 Å². The molecule has 0 radical (unpaired) electrons. The van der Waals surface area contributed by atoms with E-state index >= 15 is 0 Å². The summed E-state index contributed by atoms with van der Waals surface area (Å²) in [6.45, 7) is 2.02. The maximum absolute atomic E-state index is 4.39. The van der Waals surface area contributed by atoms with Gasteiger partial charge in [-0.05, 0) is 39.8 Å². The molecule has 0 bridgehead atoms. The van der Waals surface area contributed by atoms with E-state index in [0.717, 1.165) is 12.1 Å². The molecular formula is C15H13N5. The van der Waals surface area contributed by atoms with Crippen LogP contribution in [0, 0.1) is 0 Å². The van der Waals surface area contributed by atoms with Crippen LogP contribution in [0.5, 0.6) is 0 Å². The molecule has 5 heteroatoms. The molecule has 0 saturated carbocycles. The summed E-state index contributed by atoms with van der Waals surface area (Å²) in [6.07, 6.45) is 0.844. The van der Waals surface area contributed by atoms with Crippen molar-refractivity contribution >= 4 is 22.4 Å². The van der Waals surface area contributed by atoms with Crippen LogP contribution in [0.25, 0.3) is 10.8 Å². The van der Waals surface area contributed by atoms with Crippen molar-refractivity contribution in [3.63, 3.8) is 0 Å². The van der Waals surface area contributed by atoms with Gasteiger partial charge in [0.05, 0.1) is 6.04 Å². The lowest BCUT2D eigenvalue weighted by Crippen LogP contribution is -2.19. The Morgan fingerprint density at radius 1 is 1.10 bits per heavy atom. The zero-order valence-electron chi connectivity index (χ0n) is 11.1. The van der Waals surface area contributed by atoms with E-state index in [2.05, 4.69) is 63.0 Å². The zero-order chi connectivity index (χ0) is 13.5. The molecule has 1 aliphatic rings. The summed E-state index contributed by atoms with van der Waals surface area (Å²) in [5.74, 6) is 0.590. The molecule has 1 atom stereocenters. The summed E-state index contributed by atoms with van der Waals surface area (Å²) >= 11 is 0. The Morgan fingerprint density at radius 2 is 1.95 bits per heavy atom. The van der Waals surface area contributed by atoms with Gasteiger partial charge in [0.15, 0.2) is 0 Å². The van der Waals surface area contributed by atoms with Gasteiger partial charge >= 0.3 is 0 Å². The van der Waals surface area contributed by atoms with Gasteiger partial charge in [-0.1, -0.05) is 41.5 Å². The Bertz CT molecular complexity index is 818. The molecule has 0 aliphatic carbocycles. The third kappa shape index (κ3) is 1.71. The molecule has 0 saturated heterocycles. The molecule has 98 valence electrons. The Morgan fingerprint density at radius 3 is 2.85 bits per heavy atom. The summed E-state index contributed by atoms with van der Waals surface area (Å²) in [7, 11) is 0. The highest BCUT2D eigenvalue weighted by Gasteiger charge is 2.24. The third-order valence-corrected chi connectivity index (χ3v) is 3.71. The van der Waals surface area contributed by atoms with Gasteiger partial charge in [-0.25, -0.2) is 9.67 Å². The smallest absolute Gasteiger partial charge is 0.220 e. The summed E-state index contributed by atoms with van der Waals surface area (Å²) in [6, 6.07) is 15.0.